The van der Waals surface area contributed by atoms with Crippen molar-refractivity contribution in [3.05, 3.63) is 28.7 Å². The average molecular weight is 294 g/mol. The molecule has 0 atom stereocenters. The summed E-state index contributed by atoms with van der Waals surface area (Å²) < 4.78 is 0. The molecule has 4 nitrogen and oxygen atoms in total. The second-order valence-electron chi connectivity index (χ2n) is 4.82. The highest BCUT2D eigenvalue weighted by atomic mass is 32.1. The number of nitrogens with one attached hydrogen (secondary N) is 1. The molecule has 0 saturated carbocycles. The fourth-order valence-corrected chi connectivity index (χ4v) is 2.68. The summed E-state index contributed by atoms with van der Waals surface area (Å²) in [7, 11) is 3.92. The molecular weight excluding hydrogens is 268 g/mol. The van der Waals surface area contributed by atoms with Crippen molar-refractivity contribution >= 4 is 17.3 Å². The number of aromatic nitrogens is 1. The van der Waals surface area contributed by atoms with E-state index in [1.807, 2.05) is 25.6 Å². The second kappa shape index (κ2) is 9.53. The monoisotopic (exact) mass is 294 g/mol. The third-order valence-corrected chi connectivity index (χ3v) is 4.16. The van der Waals surface area contributed by atoms with Gasteiger partial charge in [0.1, 0.15) is 0 Å². The van der Waals surface area contributed by atoms with Crippen molar-refractivity contribution in [2.75, 3.05) is 20.6 Å². The highest BCUT2D eigenvalue weighted by Gasteiger charge is 2.07. The van der Waals surface area contributed by atoms with Gasteiger partial charge in [-0.05, 0) is 26.2 Å². The molecule has 0 spiro atoms. The topological polar surface area (TPSA) is 40.5 Å². The summed E-state index contributed by atoms with van der Waals surface area (Å²) in [6.45, 7) is 7.61. The third kappa shape index (κ3) is 5.74. The molecule has 0 aromatic carbocycles. The van der Waals surface area contributed by atoms with E-state index in [0.29, 0.717) is 0 Å². The van der Waals surface area contributed by atoms with Crippen LogP contribution in [0.4, 0.5) is 0 Å². The molecule has 112 valence electrons. The van der Waals surface area contributed by atoms with Crippen LogP contribution in [0.25, 0.3) is 0 Å². The highest BCUT2D eigenvalue weighted by molar-refractivity contribution is 7.09. The molecular formula is C15H26N4S. The summed E-state index contributed by atoms with van der Waals surface area (Å²) >= 11 is 1.68. The SMILES string of the molecule is C=CCCCCCN(C)C(=NC)NCc1scnc1C. The Labute approximate surface area is 126 Å². The Hall–Kier alpha value is -1.36. The van der Waals surface area contributed by atoms with E-state index in [1.54, 1.807) is 11.3 Å². The quantitative estimate of drug-likeness (QED) is 0.346. The molecule has 0 unspecified atom stereocenters. The molecule has 20 heavy (non-hydrogen) atoms. The van der Waals surface area contributed by atoms with Gasteiger partial charge in [0, 0.05) is 25.5 Å². The Kier molecular flexibility index (Phi) is 7.95. The van der Waals surface area contributed by atoms with Crippen LogP contribution in [-0.4, -0.2) is 36.5 Å². The van der Waals surface area contributed by atoms with Crippen molar-refractivity contribution in [1.82, 2.24) is 15.2 Å². The van der Waals surface area contributed by atoms with Crippen LogP contribution in [0.1, 0.15) is 36.3 Å². The molecule has 0 fully saturated rings. The van der Waals surface area contributed by atoms with Crippen molar-refractivity contribution in [2.24, 2.45) is 4.99 Å². The second-order valence-corrected chi connectivity index (χ2v) is 5.76. The largest absolute Gasteiger partial charge is 0.351 e. The molecule has 1 rings (SSSR count). The van der Waals surface area contributed by atoms with Crippen LogP contribution >= 0.6 is 11.3 Å². The predicted molar refractivity (Wildman–Crippen MR) is 88.3 cm³/mol. The van der Waals surface area contributed by atoms with Crippen molar-refractivity contribution in [3.63, 3.8) is 0 Å². The van der Waals surface area contributed by atoms with Gasteiger partial charge in [0.05, 0.1) is 17.7 Å². The van der Waals surface area contributed by atoms with Gasteiger partial charge in [-0.15, -0.1) is 17.9 Å². The minimum atomic E-state index is 0.796. The summed E-state index contributed by atoms with van der Waals surface area (Å²) in [5, 5.41) is 3.39. The van der Waals surface area contributed by atoms with Gasteiger partial charge < -0.3 is 10.2 Å². The van der Waals surface area contributed by atoms with E-state index in [2.05, 4.69) is 33.8 Å². The Morgan fingerprint density at radius 3 is 2.90 bits per heavy atom. The molecule has 1 aromatic rings. The third-order valence-electron chi connectivity index (χ3n) is 3.23. The Bertz CT molecular complexity index is 425. The van der Waals surface area contributed by atoms with E-state index in [0.717, 1.165) is 31.2 Å². The maximum Gasteiger partial charge on any atom is 0.193 e. The van der Waals surface area contributed by atoms with Gasteiger partial charge in [-0.2, -0.15) is 0 Å². The molecule has 1 aromatic heterocycles. The van der Waals surface area contributed by atoms with E-state index < -0.39 is 0 Å². The first kappa shape index (κ1) is 16.7. The highest BCUT2D eigenvalue weighted by Crippen LogP contribution is 2.11. The summed E-state index contributed by atoms with van der Waals surface area (Å²) in [6.07, 6.45) is 6.75. The number of aryl methyl sites for hydroxylation is 1. The zero-order valence-corrected chi connectivity index (χ0v) is 13.7. The minimum Gasteiger partial charge on any atom is -0.351 e. The molecule has 0 aliphatic rings. The van der Waals surface area contributed by atoms with Crippen LogP contribution in [0, 0.1) is 6.92 Å². The zero-order valence-electron chi connectivity index (χ0n) is 12.9. The van der Waals surface area contributed by atoms with Crippen LogP contribution in [-0.2, 0) is 6.54 Å². The van der Waals surface area contributed by atoms with Crippen molar-refractivity contribution in [2.45, 2.75) is 39.2 Å². The fraction of sp³-hybridized carbons (Fsp3) is 0.600. The predicted octanol–water partition coefficient (Wildman–Crippen LogP) is 3.21. The van der Waals surface area contributed by atoms with E-state index in [-0.39, 0.29) is 0 Å². The lowest BCUT2D eigenvalue weighted by molar-refractivity contribution is 0.455. The molecule has 0 radical (unpaired) electrons. The van der Waals surface area contributed by atoms with Crippen molar-refractivity contribution < 1.29 is 0 Å². The smallest absolute Gasteiger partial charge is 0.193 e. The number of allylic oxidation sites excluding steroid dienone is 1. The number of unbranched alkanes of at least 4 members (excludes halogenated alkanes) is 3. The van der Waals surface area contributed by atoms with Gasteiger partial charge in [0.15, 0.2) is 5.96 Å². The fourth-order valence-electron chi connectivity index (χ4n) is 1.96. The van der Waals surface area contributed by atoms with Gasteiger partial charge in [-0.3, -0.25) is 4.99 Å². The lowest BCUT2D eigenvalue weighted by atomic mass is 10.2. The van der Waals surface area contributed by atoms with E-state index in [4.69, 9.17) is 0 Å². The standard InChI is InChI=1S/C15H26N4S/c1-5-6-7-8-9-10-19(4)15(16-3)17-11-14-13(2)18-12-20-14/h5,12H,1,6-11H2,2-4H3,(H,16,17). The van der Waals surface area contributed by atoms with Gasteiger partial charge in [0.2, 0.25) is 0 Å². The lowest BCUT2D eigenvalue weighted by Crippen LogP contribution is -2.38. The first-order valence-corrected chi connectivity index (χ1v) is 7.98. The van der Waals surface area contributed by atoms with Gasteiger partial charge in [-0.25, -0.2) is 4.98 Å². The average Bonchev–Trinajstić information content (AvgIpc) is 2.85. The van der Waals surface area contributed by atoms with E-state index in [9.17, 15) is 0 Å². The Balaban J connectivity index is 2.30. The molecule has 0 saturated heterocycles. The molecule has 0 bridgehead atoms. The van der Waals surface area contributed by atoms with E-state index in [1.165, 1.54) is 24.1 Å². The maximum atomic E-state index is 4.33. The zero-order chi connectivity index (χ0) is 14.8. The van der Waals surface area contributed by atoms with Crippen molar-refractivity contribution in [3.8, 4) is 0 Å². The summed E-state index contributed by atoms with van der Waals surface area (Å²) in [6, 6.07) is 0. The molecule has 5 heteroatoms. The number of aliphatic imine (C=N–C) groups is 1. The minimum absolute atomic E-state index is 0.796. The summed E-state index contributed by atoms with van der Waals surface area (Å²) in [4.78, 5) is 12.0. The molecule has 0 amide bonds. The van der Waals surface area contributed by atoms with Crippen LogP contribution in [0.15, 0.2) is 23.2 Å². The van der Waals surface area contributed by atoms with Gasteiger partial charge in [-0.1, -0.05) is 12.5 Å². The molecule has 0 aliphatic carbocycles. The van der Waals surface area contributed by atoms with Crippen LogP contribution in [0.2, 0.25) is 0 Å². The maximum absolute atomic E-state index is 4.33. The first-order valence-electron chi connectivity index (χ1n) is 7.10. The number of thiazole rings is 1. The van der Waals surface area contributed by atoms with Crippen LogP contribution < -0.4 is 5.32 Å². The molecule has 1 heterocycles. The number of guanidine groups is 1. The van der Waals surface area contributed by atoms with Crippen molar-refractivity contribution in [1.29, 1.82) is 0 Å². The lowest BCUT2D eigenvalue weighted by Gasteiger charge is -2.21. The molecule has 1 N–H and O–H groups in total. The number of hydrogen-bond acceptors (Lipinski definition) is 3. The normalized spacial score (nSPS) is 11.4. The Morgan fingerprint density at radius 1 is 1.50 bits per heavy atom. The van der Waals surface area contributed by atoms with Gasteiger partial charge in [0.25, 0.3) is 0 Å². The van der Waals surface area contributed by atoms with Crippen LogP contribution in [0.3, 0.4) is 0 Å². The summed E-state index contributed by atoms with van der Waals surface area (Å²) in [5.74, 6) is 0.946. The van der Waals surface area contributed by atoms with E-state index >= 15 is 0 Å². The van der Waals surface area contributed by atoms with Gasteiger partial charge >= 0.3 is 0 Å². The number of nitrogens with zero attached hydrogens (tertiary/aromatic N) is 3. The number of hydrogen-bond donors (Lipinski definition) is 1. The summed E-state index contributed by atoms with van der Waals surface area (Å²) in [5.41, 5.74) is 2.99. The Morgan fingerprint density at radius 2 is 2.30 bits per heavy atom. The molecule has 0 aliphatic heterocycles. The number of rotatable bonds is 8. The first-order chi connectivity index (χ1) is 9.69. The van der Waals surface area contributed by atoms with Crippen LogP contribution in [0.5, 0.6) is 0 Å².